The van der Waals surface area contributed by atoms with Gasteiger partial charge in [-0.3, -0.25) is 9.59 Å². The Balaban J connectivity index is 2.58. The van der Waals surface area contributed by atoms with Crippen molar-refractivity contribution in [3.05, 3.63) is 0 Å². The van der Waals surface area contributed by atoms with Gasteiger partial charge < -0.3 is 28.7 Å². The van der Waals surface area contributed by atoms with Crippen LogP contribution in [0.2, 0.25) is 0 Å². The van der Waals surface area contributed by atoms with Crippen molar-refractivity contribution < 1.29 is 28.5 Å². The number of hydrogen-bond donors (Lipinski definition) is 0. The lowest BCUT2D eigenvalue weighted by atomic mass is 9.94. The monoisotopic (exact) mass is 430 g/mol. The molecule has 8 nitrogen and oxygen atoms in total. The highest BCUT2D eigenvalue weighted by molar-refractivity contribution is 5.82. The van der Waals surface area contributed by atoms with Crippen molar-refractivity contribution in [2.24, 2.45) is 10.8 Å². The Morgan fingerprint density at radius 1 is 0.500 bits per heavy atom. The van der Waals surface area contributed by atoms with Gasteiger partial charge in [0.1, 0.15) is 0 Å². The lowest BCUT2D eigenvalue weighted by Crippen LogP contribution is -2.43. The quantitative estimate of drug-likeness (QED) is 0.583. The van der Waals surface area contributed by atoms with E-state index in [1.165, 1.54) is 0 Å². The maximum atomic E-state index is 12.6. The van der Waals surface area contributed by atoms with E-state index >= 15 is 0 Å². The summed E-state index contributed by atoms with van der Waals surface area (Å²) >= 11 is 0. The highest BCUT2D eigenvalue weighted by Gasteiger charge is 2.28. The van der Waals surface area contributed by atoms with E-state index in [1.54, 1.807) is 9.80 Å². The fourth-order valence-corrected chi connectivity index (χ4v) is 2.92. The third-order valence-corrected chi connectivity index (χ3v) is 4.62. The van der Waals surface area contributed by atoms with Gasteiger partial charge in [0.25, 0.3) is 0 Å². The zero-order chi connectivity index (χ0) is 22.6. The summed E-state index contributed by atoms with van der Waals surface area (Å²) in [6.45, 7) is 17.1. The number of rotatable bonds is 0. The molecule has 0 radical (unpaired) electrons. The van der Waals surface area contributed by atoms with Crippen molar-refractivity contribution in [2.75, 3.05) is 79.0 Å². The fraction of sp³-hybridized carbons (Fsp3) is 0.909. The van der Waals surface area contributed by atoms with Crippen LogP contribution in [-0.4, -0.2) is 101 Å². The number of ether oxygens (including phenoxy) is 4. The first-order valence-corrected chi connectivity index (χ1v) is 10.9. The molecule has 0 N–H and O–H groups in total. The average molecular weight is 431 g/mol. The molecule has 1 aliphatic heterocycles. The van der Waals surface area contributed by atoms with Gasteiger partial charge >= 0.3 is 0 Å². The molecule has 30 heavy (non-hydrogen) atoms. The van der Waals surface area contributed by atoms with Crippen molar-refractivity contribution >= 4 is 11.8 Å². The third-order valence-electron chi connectivity index (χ3n) is 4.62. The van der Waals surface area contributed by atoms with E-state index in [-0.39, 0.29) is 11.8 Å². The zero-order valence-electron chi connectivity index (χ0n) is 19.8. The second kappa shape index (κ2) is 13.2. The van der Waals surface area contributed by atoms with Gasteiger partial charge in [-0.15, -0.1) is 0 Å². The normalized spacial score (nSPS) is 20.3. The van der Waals surface area contributed by atoms with Crippen molar-refractivity contribution in [3.8, 4) is 0 Å². The van der Waals surface area contributed by atoms with E-state index in [2.05, 4.69) is 0 Å². The summed E-state index contributed by atoms with van der Waals surface area (Å²) in [7, 11) is 0. The number of carbonyl (C=O) groups is 2. The van der Waals surface area contributed by atoms with Gasteiger partial charge in [-0.05, 0) is 0 Å². The van der Waals surface area contributed by atoms with Gasteiger partial charge in [0.05, 0.1) is 52.9 Å². The van der Waals surface area contributed by atoms with E-state index in [9.17, 15) is 9.59 Å². The standard InChI is InChI=1S/C22H42N2O6/c1-21(2,3)19(25)23-7-11-27-15-17-29-13-9-24(20(26)22(4,5)6)10-14-30-18-16-28-12-8-23/h7-18H2,1-6H3. The lowest BCUT2D eigenvalue weighted by Gasteiger charge is -2.30. The largest absolute Gasteiger partial charge is 0.377 e. The van der Waals surface area contributed by atoms with E-state index in [1.807, 2.05) is 41.5 Å². The molecule has 0 aromatic heterocycles. The van der Waals surface area contributed by atoms with Crippen molar-refractivity contribution in [1.82, 2.24) is 9.80 Å². The zero-order valence-corrected chi connectivity index (χ0v) is 19.8. The van der Waals surface area contributed by atoms with Crippen LogP contribution in [0.4, 0.5) is 0 Å². The Hall–Kier alpha value is -1.22. The van der Waals surface area contributed by atoms with Crippen LogP contribution in [0.1, 0.15) is 41.5 Å². The molecule has 1 saturated heterocycles. The second-order valence-corrected chi connectivity index (χ2v) is 9.53. The van der Waals surface area contributed by atoms with Crippen LogP contribution in [0.15, 0.2) is 0 Å². The van der Waals surface area contributed by atoms with E-state index in [0.717, 1.165) is 0 Å². The van der Waals surface area contributed by atoms with Crippen LogP contribution in [-0.2, 0) is 28.5 Å². The summed E-state index contributed by atoms with van der Waals surface area (Å²) in [5, 5.41) is 0. The summed E-state index contributed by atoms with van der Waals surface area (Å²) in [5.74, 6) is 0.167. The molecule has 0 aromatic rings. The van der Waals surface area contributed by atoms with Gasteiger partial charge in [-0.25, -0.2) is 0 Å². The van der Waals surface area contributed by atoms with Crippen molar-refractivity contribution in [2.45, 2.75) is 41.5 Å². The molecule has 0 spiro atoms. The SMILES string of the molecule is CC(C)(C)C(=O)N1CCOCCOCCN(C(=O)C(C)(C)C)CCOCCOCC1. The molecule has 1 aliphatic rings. The number of amides is 2. The number of hydrogen-bond acceptors (Lipinski definition) is 6. The first-order valence-electron chi connectivity index (χ1n) is 10.9. The van der Waals surface area contributed by atoms with E-state index < -0.39 is 10.8 Å². The summed E-state index contributed by atoms with van der Waals surface area (Å²) in [4.78, 5) is 28.9. The molecule has 0 aromatic carbocycles. The highest BCUT2D eigenvalue weighted by Crippen LogP contribution is 2.18. The minimum Gasteiger partial charge on any atom is -0.377 e. The lowest BCUT2D eigenvalue weighted by molar-refractivity contribution is -0.142. The first-order chi connectivity index (χ1) is 14.0. The molecule has 0 saturated carbocycles. The molecule has 1 fully saturated rings. The fourth-order valence-electron chi connectivity index (χ4n) is 2.92. The van der Waals surface area contributed by atoms with Gasteiger partial charge in [-0.1, -0.05) is 41.5 Å². The first kappa shape index (κ1) is 26.8. The molecule has 176 valence electrons. The van der Waals surface area contributed by atoms with Gasteiger partial charge in [0.2, 0.25) is 11.8 Å². The van der Waals surface area contributed by atoms with Crippen LogP contribution >= 0.6 is 0 Å². The minimum absolute atomic E-state index is 0.0835. The van der Waals surface area contributed by atoms with Crippen LogP contribution in [0, 0.1) is 10.8 Å². The van der Waals surface area contributed by atoms with Gasteiger partial charge in [0.15, 0.2) is 0 Å². The third kappa shape index (κ3) is 10.7. The Morgan fingerprint density at radius 2 is 0.733 bits per heavy atom. The molecule has 0 bridgehead atoms. The summed E-state index contributed by atoms with van der Waals surface area (Å²) in [6, 6.07) is 0. The van der Waals surface area contributed by atoms with Gasteiger partial charge in [0, 0.05) is 37.0 Å². The van der Waals surface area contributed by atoms with Gasteiger partial charge in [-0.2, -0.15) is 0 Å². The summed E-state index contributed by atoms with van der Waals surface area (Å²) in [6.07, 6.45) is 0. The molecule has 1 rings (SSSR count). The summed E-state index contributed by atoms with van der Waals surface area (Å²) < 4.78 is 22.6. The van der Waals surface area contributed by atoms with Crippen molar-refractivity contribution in [3.63, 3.8) is 0 Å². The Labute approximate surface area is 182 Å². The molecule has 0 unspecified atom stereocenters. The van der Waals surface area contributed by atoms with Crippen LogP contribution in [0.5, 0.6) is 0 Å². The van der Waals surface area contributed by atoms with E-state index in [0.29, 0.717) is 79.0 Å². The number of carbonyl (C=O) groups excluding carboxylic acids is 2. The Kier molecular flexibility index (Phi) is 11.8. The second-order valence-electron chi connectivity index (χ2n) is 9.53. The maximum Gasteiger partial charge on any atom is 0.228 e. The predicted octanol–water partition coefficient (Wildman–Crippen LogP) is 1.82. The highest BCUT2D eigenvalue weighted by atomic mass is 16.5. The maximum absolute atomic E-state index is 12.6. The van der Waals surface area contributed by atoms with Crippen LogP contribution in [0.3, 0.4) is 0 Å². The topological polar surface area (TPSA) is 77.5 Å². The smallest absolute Gasteiger partial charge is 0.228 e. The summed E-state index contributed by atoms with van der Waals surface area (Å²) in [5.41, 5.74) is -0.890. The Bertz CT molecular complexity index is 447. The molecular formula is C22H42N2O6. The molecule has 8 heteroatoms. The predicted molar refractivity (Wildman–Crippen MR) is 115 cm³/mol. The molecule has 2 amide bonds. The van der Waals surface area contributed by atoms with Crippen LogP contribution in [0.25, 0.3) is 0 Å². The van der Waals surface area contributed by atoms with Crippen LogP contribution < -0.4 is 0 Å². The molecule has 1 heterocycles. The molecule has 0 atom stereocenters. The molecule has 0 aliphatic carbocycles. The number of nitrogens with zero attached hydrogens (tertiary/aromatic N) is 2. The Morgan fingerprint density at radius 3 is 0.933 bits per heavy atom. The average Bonchev–Trinajstić information content (AvgIpc) is 2.65. The van der Waals surface area contributed by atoms with Crippen molar-refractivity contribution in [1.29, 1.82) is 0 Å². The minimum atomic E-state index is -0.445. The van der Waals surface area contributed by atoms with E-state index in [4.69, 9.17) is 18.9 Å². The molecular weight excluding hydrogens is 388 g/mol.